The van der Waals surface area contributed by atoms with E-state index in [1.165, 1.54) is 18.2 Å². The molecule has 1 N–H and O–H groups in total. The quantitative estimate of drug-likeness (QED) is 0.253. The summed E-state index contributed by atoms with van der Waals surface area (Å²) in [5, 5.41) is 23.1. The zero-order valence-corrected chi connectivity index (χ0v) is 16.7. The van der Waals surface area contributed by atoms with Gasteiger partial charge in [-0.3, -0.25) is 14.9 Å². The zero-order chi connectivity index (χ0) is 22.2. The molecular formula is C24H19N3O4. The minimum Gasteiger partial charge on any atom is -0.489 e. The molecule has 0 aromatic heterocycles. The van der Waals surface area contributed by atoms with Crippen molar-refractivity contribution in [3.05, 3.63) is 105 Å². The number of ether oxygens (including phenoxy) is 1. The van der Waals surface area contributed by atoms with Gasteiger partial charge < -0.3 is 10.1 Å². The number of nitrogens with zero attached hydrogens (tertiary/aromatic N) is 2. The Kier molecular flexibility index (Phi) is 6.76. The van der Waals surface area contributed by atoms with Gasteiger partial charge >= 0.3 is 0 Å². The molecule has 3 aromatic carbocycles. The van der Waals surface area contributed by atoms with Gasteiger partial charge in [-0.1, -0.05) is 48.5 Å². The van der Waals surface area contributed by atoms with E-state index in [1.807, 2.05) is 36.4 Å². The Bertz CT molecular complexity index is 1160. The molecule has 1 amide bonds. The number of hydrogen-bond donors (Lipinski definition) is 1. The van der Waals surface area contributed by atoms with Crippen LogP contribution in [0, 0.1) is 28.4 Å². The Morgan fingerprint density at radius 3 is 2.48 bits per heavy atom. The Balaban J connectivity index is 1.70. The molecule has 0 atom stereocenters. The first-order chi connectivity index (χ1) is 15.0. The lowest BCUT2D eigenvalue weighted by Gasteiger charge is -2.07. The molecule has 0 bridgehead atoms. The van der Waals surface area contributed by atoms with Crippen molar-refractivity contribution in [3.8, 4) is 11.8 Å². The van der Waals surface area contributed by atoms with Gasteiger partial charge in [0.05, 0.1) is 4.92 Å². The molecule has 0 unspecified atom stereocenters. The molecule has 3 aromatic rings. The minimum atomic E-state index is -0.723. The topological polar surface area (TPSA) is 105 Å². The average molecular weight is 413 g/mol. The molecule has 154 valence electrons. The van der Waals surface area contributed by atoms with E-state index in [2.05, 4.69) is 5.32 Å². The summed E-state index contributed by atoms with van der Waals surface area (Å²) >= 11 is 0. The number of nitro groups is 1. The number of amides is 1. The third-order valence-corrected chi connectivity index (χ3v) is 4.40. The molecule has 0 aliphatic carbocycles. The molecule has 7 heteroatoms. The van der Waals surface area contributed by atoms with Crippen LogP contribution >= 0.6 is 0 Å². The summed E-state index contributed by atoms with van der Waals surface area (Å²) in [6.45, 7) is 2.14. The fraction of sp³-hybridized carbons (Fsp3) is 0.0833. The van der Waals surface area contributed by atoms with Crippen molar-refractivity contribution < 1.29 is 14.5 Å². The molecule has 31 heavy (non-hydrogen) atoms. The van der Waals surface area contributed by atoms with Gasteiger partial charge in [0.25, 0.3) is 11.6 Å². The van der Waals surface area contributed by atoms with E-state index in [4.69, 9.17) is 4.74 Å². The summed E-state index contributed by atoms with van der Waals surface area (Å²) in [4.78, 5) is 23.1. The maximum atomic E-state index is 12.5. The predicted octanol–water partition coefficient (Wildman–Crippen LogP) is 5.03. The van der Waals surface area contributed by atoms with Crippen LogP contribution in [0.3, 0.4) is 0 Å². The molecule has 0 aliphatic rings. The summed E-state index contributed by atoms with van der Waals surface area (Å²) in [7, 11) is 0. The van der Waals surface area contributed by atoms with Crippen molar-refractivity contribution in [2.24, 2.45) is 0 Å². The van der Waals surface area contributed by atoms with Gasteiger partial charge in [0.1, 0.15) is 29.7 Å². The molecular weight excluding hydrogens is 394 g/mol. The number of rotatable bonds is 7. The van der Waals surface area contributed by atoms with Crippen LogP contribution in [0.4, 0.5) is 11.4 Å². The molecule has 3 rings (SSSR count). The number of benzene rings is 3. The van der Waals surface area contributed by atoms with E-state index in [0.717, 1.165) is 5.56 Å². The highest BCUT2D eigenvalue weighted by molar-refractivity contribution is 6.10. The summed E-state index contributed by atoms with van der Waals surface area (Å²) in [6, 6.07) is 23.0. The van der Waals surface area contributed by atoms with Gasteiger partial charge in [-0.25, -0.2) is 0 Å². The summed E-state index contributed by atoms with van der Waals surface area (Å²) < 4.78 is 5.72. The number of carbonyl (C=O) groups excluding carboxylic acids is 1. The maximum Gasteiger partial charge on any atom is 0.293 e. The standard InChI is InChI=1S/C24H19N3O4/c1-17-7-12-22(23(13-17)27(29)30)26-24(28)20(15-25)14-18-8-10-21(11-9-18)31-16-19-5-3-2-4-6-19/h2-14H,16H2,1H3,(H,26,28)/b20-14+. The van der Waals surface area contributed by atoms with Crippen LogP contribution in [-0.2, 0) is 11.4 Å². The van der Waals surface area contributed by atoms with E-state index in [9.17, 15) is 20.2 Å². The van der Waals surface area contributed by atoms with Crippen molar-refractivity contribution in [1.82, 2.24) is 0 Å². The first-order valence-electron chi connectivity index (χ1n) is 9.41. The lowest BCUT2D eigenvalue weighted by atomic mass is 10.1. The van der Waals surface area contributed by atoms with Crippen molar-refractivity contribution in [1.29, 1.82) is 5.26 Å². The third-order valence-electron chi connectivity index (χ3n) is 4.40. The van der Waals surface area contributed by atoms with Gasteiger partial charge in [0, 0.05) is 6.07 Å². The smallest absolute Gasteiger partial charge is 0.293 e. The first kappa shape index (κ1) is 21.3. The van der Waals surface area contributed by atoms with Crippen LogP contribution < -0.4 is 10.1 Å². The van der Waals surface area contributed by atoms with Gasteiger partial charge in [0.15, 0.2) is 0 Å². The van der Waals surface area contributed by atoms with Crippen LogP contribution in [0.25, 0.3) is 6.08 Å². The number of aryl methyl sites for hydroxylation is 1. The van der Waals surface area contributed by atoms with E-state index >= 15 is 0 Å². The largest absolute Gasteiger partial charge is 0.489 e. The Morgan fingerprint density at radius 2 is 1.84 bits per heavy atom. The van der Waals surface area contributed by atoms with Crippen molar-refractivity contribution in [2.45, 2.75) is 13.5 Å². The Labute approximate surface area is 179 Å². The zero-order valence-electron chi connectivity index (χ0n) is 16.7. The van der Waals surface area contributed by atoms with Crippen LogP contribution in [-0.4, -0.2) is 10.8 Å². The normalized spacial score (nSPS) is 10.8. The summed E-state index contributed by atoms with van der Waals surface area (Å²) in [6.07, 6.45) is 1.41. The monoisotopic (exact) mass is 413 g/mol. The molecule has 7 nitrogen and oxygen atoms in total. The summed E-state index contributed by atoms with van der Waals surface area (Å²) in [5.74, 6) is -0.0712. The minimum absolute atomic E-state index is 0.0337. The molecule has 0 fully saturated rings. The van der Waals surface area contributed by atoms with Crippen LogP contribution in [0.2, 0.25) is 0 Å². The van der Waals surface area contributed by atoms with E-state index < -0.39 is 10.8 Å². The molecule has 0 saturated heterocycles. The second kappa shape index (κ2) is 9.85. The van der Waals surface area contributed by atoms with Crippen LogP contribution in [0.5, 0.6) is 5.75 Å². The lowest BCUT2D eigenvalue weighted by molar-refractivity contribution is -0.384. The lowest BCUT2D eigenvalue weighted by Crippen LogP contribution is -2.14. The highest BCUT2D eigenvalue weighted by Crippen LogP contribution is 2.26. The van der Waals surface area contributed by atoms with Crippen molar-refractivity contribution in [3.63, 3.8) is 0 Å². The number of carbonyl (C=O) groups is 1. The number of nitriles is 1. The molecule has 0 spiro atoms. The van der Waals surface area contributed by atoms with E-state index in [-0.39, 0.29) is 16.9 Å². The number of hydrogen-bond acceptors (Lipinski definition) is 5. The molecule has 0 aliphatic heterocycles. The van der Waals surface area contributed by atoms with Crippen LogP contribution in [0.15, 0.2) is 78.4 Å². The average Bonchev–Trinajstić information content (AvgIpc) is 2.78. The number of anilines is 1. The van der Waals surface area contributed by atoms with Crippen LogP contribution in [0.1, 0.15) is 16.7 Å². The molecule has 0 heterocycles. The highest BCUT2D eigenvalue weighted by Gasteiger charge is 2.18. The van der Waals surface area contributed by atoms with E-state index in [1.54, 1.807) is 37.3 Å². The van der Waals surface area contributed by atoms with Gasteiger partial charge in [0.2, 0.25) is 0 Å². The fourth-order valence-corrected chi connectivity index (χ4v) is 2.80. The third kappa shape index (κ3) is 5.78. The maximum absolute atomic E-state index is 12.5. The predicted molar refractivity (Wildman–Crippen MR) is 117 cm³/mol. The first-order valence-corrected chi connectivity index (χ1v) is 9.41. The number of nitro benzene ring substituents is 1. The fourth-order valence-electron chi connectivity index (χ4n) is 2.80. The highest BCUT2D eigenvalue weighted by atomic mass is 16.6. The van der Waals surface area contributed by atoms with E-state index in [0.29, 0.717) is 23.5 Å². The Morgan fingerprint density at radius 1 is 1.13 bits per heavy atom. The van der Waals surface area contributed by atoms with Gasteiger partial charge in [-0.15, -0.1) is 0 Å². The molecule has 0 saturated carbocycles. The van der Waals surface area contributed by atoms with Gasteiger partial charge in [-0.05, 0) is 47.9 Å². The second-order valence-electron chi connectivity index (χ2n) is 6.74. The molecule has 0 radical (unpaired) electrons. The van der Waals surface area contributed by atoms with Crippen molar-refractivity contribution >= 4 is 23.4 Å². The second-order valence-corrected chi connectivity index (χ2v) is 6.74. The van der Waals surface area contributed by atoms with Gasteiger partial charge in [-0.2, -0.15) is 5.26 Å². The SMILES string of the molecule is Cc1ccc(NC(=O)/C(C#N)=C/c2ccc(OCc3ccccc3)cc2)c([N+](=O)[O-])c1. The Hall–Kier alpha value is -4.44. The summed E-state index contributed by atoms with van der Waals surface area (Å²) in [5.41, 5.74) is 1.98. The van der Waals surface area contributed by atoms with Crippen molar-refractivity contribution in [2.75, 3.05) is 5.32 Å². The number of nitrogens with one attached hydrogen (secondary N) is 1.